The summed E-state index contributed by atoms with van der Waals surface area (Å²) < 4.78 is 19.2. The van der Waals surface area contributed by atoms with Crippen LogP contribution in [0.4, 0.5) is 10.3 Å². The van der Waals surface area contributed by atoms with Gasteiger partial charge in [0, 0.05) is 29.3 Å². The molecule has 134 valence electrons. The topological polar surface area (TPSA) is 50.3 Å². The van der Waals surface area contributed by atoms with Gasteiger partial charge in [-0.2, -0.15) is 0 Å². The van der Waals surface area contributed by atoms with Gasteiger partial charge >= 0.3 is 0 Å². The zero-order valence-corrected chi connectivity index (χ0v) is 15.2. The molecular formula is C18H23FN4OS. The van der Waals surface area contributed by atoms with E-state index in [1.165, 1.54) is 22.1 Å². The predicted molar refractivity (Wildman–Crippen MR) is 96.3 cm³/mol. The van der Waals surface area contributed by atoms with Gasteiger partial charge in [0.05, 0.1) is 30.6 Å². The van der Waals surface area contributed by atoms with Crippen LogP contribution in [-0.2, 0) is 11.3 Å². The molecule has 2 aromatic heterocycles. The highest BCUT2D eigenvalue weighted by Gasteiger charge is 2.43. The van der Waals surface area contributed by atoms with Crippen molar-refractivity contribution >= 4 is 17.3 Å². The quantitative estimate of drug-likeness (QED) is 0.905. The van der Waals surface area contributed by atoms with E-state index in [0.29, 0.717) is 12.6 Å². The van der Waals surface area contributed by atoms with Gasteiger partial charge in [-0.3, -0.25) is 4.90 Å². The lowest BCUT2D eigenvalue weighted by molar-refractivity contribution is -0.0531. The molecule has 2 saturated heterocycles. The van der Waals surface area contributed by atoms with E-state index in [1.807, 2.05) is 11.3 Å². The fourth-order valence-corrected chi connectivity index (χ4v) is 4.84. The summed E-state index contributed by atoms with van der Waals surface area (Å²) in [6.07, 6.45) is 5.56. The Bertz CT molecular complexity index is 722. The number of aromatic nitrogens is 2. The van der Waals surface area contributed by atoms with Gasteiger partial charge in [-0.1, -0.05) is 0 Å². The number of anilines is 1. The van der Waals surface area contributed by atoms with Gasteiger partial charge < -0.3 is 10.1 Å². The van der Waals surface area contributed by atoms with E-state index in [9.17, 15) is 4.39 Å². The zero-order chi connectivity index (χ0) is 17.3. The lowest BCUT2D eigenvalue weighted by atomic mass is 9.88. The maximum atomic E-state index is 12.9. The molecule has 1 spiro atoms. The summed E-state index contributed by atoms with van der Waals surface area (Å²) in [5.41, 5.74) is -0.0811. The first-order chi connectivity index (χ1) is 12.1. The maximum Gasteiger partial charge on any atom is 0.223 e. The first-order valence-electron chi connectivity index (χ1n) is 8.76. The van der Waals surface area contributed by atoms with Crippen LogP contribution in [0.5, 0.6) is 0 Å². The largest absolute Gasteiger partial charge is 0.371 e. The van der Waals surface area contributed by atoms with Crippen LogP contribution < -0.4 is 5.32 Å². The van der Waals surface area contributed by atoms with Gasteiger partial charge in [-0.25, -0.2) is 14.4 Å². The van der Waals surface area contributed by atoms with Crippen molar-refractivity contribution in [2.24, 2.45) is 0 Å². The molecule has 4 heterocycles. The van der Waals surface area contributed by atoms with Gasteiger partial charge in [0.1, 0.15) is 0 Å². The molecule has 0 bridgehead atoms. The van der Waals surface area contributed by atoms with Crippen LogP contribution in [0.15, 0.2) is 24.5 Å². The molecule has 0 amide bonds. The van der Waals surface area contributed by atoms with Gasteiger partial charge in [0.25, 0.3) is 0 Å². The summed E-state index contributed by atoms with van der Waals surface area (Å²) in [6, 6.07) is 4.59. The van der Waals surface area contributed by atoms with E-state index in [1.54, 1.807) is 0 Å². The molecule has 1 N–H and O–H groups in total. The number of aryl methyl sites for hydroxylation is 1. The van der Waals surface area contributed by atoms with Crippen LogP contribution in [-0.4, -0.2) is 46.2 Å². The molecule has 0 aliphatic carbocycles. The van der Waals surface area contributed by atoms with Crippen molar-refractivity contribution in [2.45, 2.75) is 44.4 Å². The van der Waals surface area contributed by atoms with Gasteiger partial charge in [0.15, 0.2) is 5.82 Å². The van der Waals surface area contributed by atoms with Gasteiger partial charge in [-0.05, 0) is 38.4 Å². The summed E-state index contributed by atoms with van der Waals surface area (Å²) >= 11 is 1.87. The molecule has 0 unspecified atom stereocenters. The molecule has 0 aromatic carbocycles. The average molecular weight is 362 g/mol. The average Bonchev–Trinajstić information content (AvgIpc) is 3.16. The monoisotopic (exact) mass is 362 g/mol. The van der Waals surface area contributed by atoms with Crippen molar-refractivity contribution in [3.05, 3.63) is 40.1 Å². The number of ether oxygens (including phenoxy) is 1. The number of piperidine rings is 1. The van der Waals surface area contributed by atoms with E-state index >= 15 is 0 Å². The Balaban J connectivity index is 1.36. The number of hydrogen-bond donors (Lipinski definition) is 1. The summed E-state index contributed by atoms with van der Waals surface area (Å²) in [6.45, 7) is 5.89. The summed E-state index contributed by atoms with van der Waals surface area (Å²) in [5.74, 6) is 0.0465. The van der Waals surface area contributed by atoms with Crippen molar-refractivity contribution in [1.29, 1.82) is 0 Å². The summed E-state index contributed by atoms with van der Waals surface area (Å²) in [5, 5.41) is 3.28. The number of hydrogen-bond acceptors (Lipinski definition) is 6. The Morgan fingerprint density at radius 2 is 2.24 bits per heavy atom. The second-order valence-electron chi connectivity index (χ2n) is 7.09. The number of likely N-dealkylation sites (tertiary alicyclic amines) is 1. The van der Waals surface area contributed by atoms with Crippen LogP contribution >= 0.6 is 11.3 Å². The Kier molecular flexibility index (Phi) is 4.71. The Labute approximate surface area is 151 Å². The molecular weight excluding hydrogens is 339 g/mol. The minimum absolute atomic E-state index is 0.0811. The fourth-order valence-electron chi connectivity index (χ4n) is 3.91. The fraction of sp³-hybridized carbons (Fsp3) is 0.556. The third kappa shape index (κ3) is 3.99. The molecule has 0 radical (unpaired) electrons. The van der Waals surface area contributed by atoms with Gasteiger partial charge in [-0.15, -0.1) is 11.3 Å². The van der Waals surface area contributed by atoms with E-state index < -0.39 is 5.82 Å². The number of nitrogens with zero attached hydrogens (tertiary/aromatic N) is 3. The number of halogens is 1. The highest BCUT2D eigenvalue weighted by Crippen LogP contribution is 2.36. The molecule has 2 atom stereocenters. The number of nitrogens with one attached hydrogen (secondary N) is 1. The third-order valence-corrected chi connectivity index (χ3v) is 5.94. The molecule has 5 nitrogen and oxygen atoms in total. The Hall–Kier alpha value is -1.57. The second kappa shape index (κ2) is 6.97. The Morgan fingerprint density at radius 1 is 1.40 bits per heavy atom. The molecule has 25 heavy (non-hydrogen) atoms. The third-order valence-electron chi connectivity index (χ3n) is 4.96. The van der Waals surface area contributed by atoms with Crippen LogP contribution in [0.3, 0.4) is 0 Å². The molecule has 2 aromatic rings. The van der Waals surface area contributed by atoms with Crippen LogP contribution in [0.1, 0.15) is 29.0 Å². The van der Waals surface area contributed by atoms with E-state index in [2.05, 4.69) is 39.2 Å². The van der Waals surface area contributed by atoms with Crippen molar-refractivity contribution in [1.82, 2.24) is 14.9 Å². The second-order valence-corrected chi connectivity index (χ2v) is 8.46. The number of rotatable bonds is 4. The van der Waals surface area contributed by atoms with Crippen LogP contribution in [0.25, 0.3) is 0 Å². The molecule has 2 fully saturated rings. The van der Waals surface area contributed by atoms with E-state index in [0.717, 1.165) is 38.9 Å². The standard InChI is InChI=1S/C18H23FN4OS/c1-13-3-4-16(25-13)10-23-6-2-5-18(12-23)7-15(11-24-18)22-17-20-8-14(19)9-21-17/h3-4,8-9,15H,2,5-7,10-12H2,1H3,(H,20,21,22)/t15-,18+/m0/s1. The highest BCUT2D eigenvalue weighted by atomic mass is 32.1. The smallest absolute Gasteiger partial charge is 0.223 e. The highest BCUT2D eigenvalue weighted by molar-refractivity contribution is 7.11. The maximum absolute atomic E-state index is 12.9. The predicted octanol–water partition coefficient (Wildman–Crippen LogP) is 3.22. The minimum atomic E-state index is -0.420. The summed E-state index contributed by atoms with van der Waals surface area (Å²) in [7, 11) is 0. The molecule has 4 rings (SSSR count). The molecule has 7 heteroatoms. The molecule has 2 aliphatic heterocycles. The first-order valence-corrected chi connectivity index (χ1v) is 9.58. The normalized spacial score (nSPS) is 27.0. The van der Waals surface area contributed by atoms with E-state index in [4.69, 9.17) is 4.74 Å². The van der Waals surface area contributed by atoms with Gasteiger partial charge in [0.2, 0.25) is 5.95 Å². The summed E-state index contributed by atoms with van der Waals surface area (Å²) in [4.78, 5) is 13.3. The van der Waals surface area contributed by atoms with Crippen LogP contribution in [0.2, 0.25) is 0 Å². The van der Waals surface area contributed by atoms with Crippen molar-refractivity contribution in [3.8, 4) is 0 Å². The zero-order valence-electron chi connectivity index (χ0n) is 14.4. The molecule has 0 saturated carbocycles. The van der Waals surface area contributed by atoms with Crippen LogP contribution in [0, 0.1) is 12.7 Å². The SMILES string of the molecule is Cc1ccc(CN2CCC[C@@]3(C[C@H](Nc4ncc(F)cn4)CO3)C2)s1. The number of thiophene rings is 1. The lowest BCUT2D eigenvalue weighted by Gasteiger charge is -2.39. The van der Waals surface area contributed by atoms with E-state index in [-0.39, 0.29) is 11.6 Å². The minimum Gasteiger partial charge on any atom is -0.371 e. The van der Waals surface area contributed by atoms with Crippen molar-refractivity contribution in [3.63, 3.8) is 0 Å². The van der Waals surface area contributed by atoms with Crippen molar-refractivity contribution in [2.75, 3.05) is 25.0 Å². The first kappa shape index (κ1) is 16.9. The molecule has 2 aliphatic rings. The Morgan fingerprint density at radius 3 is 3.00 bits per heavy atom. The lowest BCUT2D eigenvalue weighted by Crippen LogP contribution is -2.47. The van der Waals surface area contributed by atoms with Crippen molar-refractivity contribution < 1.29 is 9.13 Å².